The molecule has 0 saturated carbocycles. The number of hydrogen-bond donors (Lipinski definition) is 2. The minimum Gasteiger partial charge on any atom is -0.339 e. The van der Waals surface area contributed by atoms with Gasteiger partial charge in [-0.2, -0.15) is 0 Å². The molecule has 0 spiro atoms. The topological polar surface area (TPSA) is 96.3 Å². The highest BCUT2D eigenvalue weighted by Crippen LogP contribution is 2.16. The third-order valence-corrected chi connectivity index (χ3v) is 4.79. The van der Waals surface area contributed by atoms with Gasteiger partial charge in [0.25, 0.3) is 10.0 Å². The minimum atomic E-state index is -3.74. The number of carbonyl (C=O) groups excluding carboxylic acids is 1. The molecule has 1 fully saturated rings. The summed E-state index contributed by atoms with van der Waals surface area (Å²) in [4.78, 5) is 17.7. The van der Waals surface area contributed by atoms with Crippen molar-refractivity contribution in [2.24, 2.45) is 7.05 Å². The summed E-state index contributed by atoms with van der Waals surface area (Å²) in [5.74, 6) is -0.202. The summed E-state index contributed by atoms with van der Waals surface area (Å²) < 4.78 is 27.9. The first kappa shape index (κ1) is 15.9. The molecule has 1 aromatic heterocycles. The van der Waals surface area contributed by atoms with Crippen LogP contribution in [0.5, 0.6) is 0 Å². The lowest BCUT2D eigenvalue weighted by Gasteiger charge is -2.24. The molecule has 0 aromatic carbocycles. The number of nitrogens with zero attached hydrogens (tertiary/aromatic N) is 3. The molecule has 0 radical (unpaired) electrons. The SMILES string of the molecule is CNCC1CCCN1C(=O)CNS(=O)(=O)c1cn(C)cn1. The smallest absolute Gasteiger partial charge is 0.260 e. The van der Waals surface area contributed by atoms with Crippen molar-refractivity contribution in [1.29, 1.82) is 0 Å². The Balaban J connectivity index is 1.94. The highest BCUT2D eigenvalue weighted by molar-refractivity contribution is 7.89. The summed E-state index contributed by atoms with van der Waals surface area (Å²) >= 11 is 0. The van der Waals surface area contributed by atoms with E-state index in [-0.39, 0.29) is 23.5 Å². The Morgan fingerprint density at radius 2 is 2.29 bits per heavy atom. The van der Waals surface area contributed by atoms with Crippen LogP contribution < -0.4 is 10.0 Å². The molecule has 9 heteroatoms. The standard InChI is InChI=1S/C12H21N5O3S/c1-13-6-10-4-3-5-17(10)12(18)7-15-21(19,20)11-8-16(2)9-14-11/h8-10,13,15H,3-7H2,1-2H3. The first-order valence-corrected chi connectivity index (χ1v) is 8.34. The Hall–Kier alpha value is -1.45. The first-order valence-electron chi connectivity index (χ1n) is 6.85. The maximum Gasteiger partial charge on any atom is 0.260 e. The molecule has 1 aromatic rings. The van der Waals surface area contributed by atoms with Crippen LogP contribution in [0, 0.1) is 0 Å². The molecule has 2 heterocycles. The molecule has 0 bridgehead atoms. The fourth-order valence-corrected chi connectivity index (χ4v) is 3.42. The Bertz CT molecular complexity index is 598. The molecule has 8 nitrogen and oxygen atoms in total. The molecule has 2 rings (SSSR count). The Morgan fingerprint density at radius 3 is 2.90 bits per heavy atom. The number of aryl methyl sites for hydroxylation is 1. The van der Waals surface area contributed by atoms with Crippen LogP contribution in [-0.2, 0) is 21.9 Å². The van der Waals surface area contributed by atoms with Gasteiger partial charge < -0.3 is 14.8 Å². The van der Waals surface area contributed by atoms with Gasteiger partial charge in [-0.05, 0) is 19.9 Å². The number of carbonyl (C=O) groups is 1. The van der Waals surface area contributed by atoms with Crippen LogP contribution in [0.25, 0.3) is 0 Å². The average molecular weight is 315 g/mol. The second-order valence-corrected chi connectivity index (χ2v) is 6.86. The molecule has 1 aliphatic rings. The number of amides is 1. The number of imidazole rings is 1. The molecule has 1 saturated heterocycles. The van der Waals surface area contributed by atoms with Gasteiger partial charge >= 0.3 is 0 Å². The van der Waals surface area contributed by atoms with E-state index in [4.69, 9.17) is 0 Å². The highest BCUT2D eigenvalue weighted by Gasteiger charge is 2.29. The molecule has 1 aliphatic heterocycles. The predicted molar refractivity (Wildman–Crippen MR) is 77.1 cm³/mol. The van der Waals surface area contributed by atoms with E-state index in [1.54, 1.807) is 16.5 Å². The van der Waals surface area contributed by atoms with Crippen LogP contribution in [0.2, 0.25) is 0 Å². The third-order valence-electron chi connectivity index (χ3n) is 3.51. The summed E-state index contributed by atoms with van der Waals surface area (Å²) in [6, 6.07) is 0.141. The molecular weight excluding hydrogens is 294 g/mol. The lowest BCUT2D eigenvalue weighted by molar-refractivity contribution is -0.130. The van der Waals surface area contributed by atoms with Gasteiger partial charge in [-0.3, -0.25) is 4.79 Å². The number of hydrogen-bond acceptors (Lipinski definition) is 5. The van der Waals surface area contributed by atoms with Crippen LogP contribution in [-0.4, -0.2) is 61.5 Å². The Kier molecular flexibility index (Phi) is 4.96. The summed E-state index contributed by atoms with van der Waals surface area (Å²) in [5, 5.41) is 2.97. The number of nitrogens with one attached hydrogen (secondary N) is 2. The highest BCUT2D eigenvalue weighted by atomic mass is 32.2. The number of likely N-dealkylation sites (N-methyl/N-ethyl adjacent to an activating group) is 1. The lowest BCUT2D eigenvalue weighted by Crippen LogP contribution is -2.45. The monoisotopic (exact) mass is 315 g/mol. The zero-order valence-corrected chi connectivity index (χ0v) is 13.1. The molecule has 118 valence electrons. The van der Waals surface area contributed by atoms with Crippen LogP contribution >= 0.6 is 0 Å². The van der Waals surface area contributed by atoms with Gasteiger partial charge in [0.1, 0.15) is 0 Å². The van der Waals surface area contributed by atoms with Crippen molar-refractivity contribution in [2.75, 3.05) is 26.7 Å². The average Bonchev–Trinajstić information content (AvgIpc) is 3.06. The summed E-state index contributed by atoms with van der Waals surface area (Å²) in [6.45, 7) is 1.16. The molecule has 0 aliphatic carbocycles. The first-order chi connectivity index (χ1) is 9.94. The van der Waals surface area contributed by atoms with Gasteiger partial charge in [0.15, 0.2) is 5.03 Å². The van der Waals surface area contributed by atoms with Crippen molar-refractivity contribution in [1.82, 2.24) is 24.5 Å². The third kappa shape index (κ3) is 3.80. The van der Waals surface area contributed by atoms with Crippen molar-refractivity contribution < 1.29 is 13.2 Å². The molecule has 21 heavy (non-hydrogen) atoms. The summed E-state index contributed by atoms with van der Waals surface area (Å²) in [7, 11) is -0.217. The number of sulfonamides is 1. The van der Waals surface area contributed by atoms with Crippen LogP contribution in [0.4, 0.5) is 0 Å². The molecule has 1 unspecified atom stereocenters. The van der Waals surface area contributed by atoms with E-state index in [1.807, 2.05) is 7.05 Å². The van der Waals surface area contributed by atoms with Crippen molar-refractivity contribution >= 4 is 15.9 Å². The maximum atomic E-state index is 12.2. The van der Waals surface area contributed by atoms with Crippen molar-refractivity contribution in [3.63, 3.8) is 0 Å². The molecule has 1 amide bonds. The van der Waals surface area contributed by atoms with Crippen LogP contribution in [0.1, 0.15) is 12.8 Å². The largest absolute Gasteiger partial charge is 0.339 e. The van der Waals surface area contributed by atoms with Gasteiger partial charge in [0.05, 0.1) is 12.9 Å². The van der Waals surface area contributed by atoms with E-state index in [0.717, 1.165) is 19.4 Å². The Morgan fingerprint density at radius 1 is 1.52 bits per heavy atom. The van der Waals surface area contributed by atoms with Gasteiger partial charge in [-0.1, -0.05) is 0 Å². The zero-order valence-electron chi connectivity index (χ0n) is 12.2. The molecule has 1 atom stereocenters. The Labute approximate surface area is 124 Å². The van der Waals surface area contributed by atoms with E-state index in [0.29, 0.717) is 6.54 Å². The van der Waals surface area contributed by atoms with Crippen molar-refractivity contribution in [3.05, 3.63) is 12.5 Å². The second-order valence-electron chi connectivity index (χ2n) is 5.14. The van der Waals surface area contributed by atoms with E-state index < -0.39 is 10.0 Å². The fraction of sp³-hybridized carbons (Fsp3) is 0.667. The van der Waals surface area contributed by atoms with E-state index >= 15 is 0 Å². The quantitative estimate of drug-likeness (QED) is 0.695. The van der Waals surface area contributed by atoms with E-state index in [9.17, 15) is 13.2 Å². The van der Waals surface area contributed by atoms with Crippen LogP contribution in [0.3, 0.4) is 0 Å². The van der Waals surface area contributed by atoms with E-state index in [1.165, 1.54) is 12.5 Å². The molecular formula is C12H21N5O3S. The number of likely N-dealkylation sites (tertiary alicyclic amines) is 1. The number of rotatable bonds is 6. The minimum absolute atomic E-state index is 0.0778. The normalized spacial score (nSPS) is 19.1. The number of aromatic nitrogens is 2. The van der Waals surface area contributed by atoms with Crippen LogP contribution in [0.15, 0.2) is 17.6 Å². The molecule has 2 N–H and O–H groups in total. The van der Waals surface area contributed by atoms with Crippen molar-refractivity contribution in [3.8, 4) is 0 Å². The van der Waals surface area contributed by atoms with Gasteiger partial charge in [0, 0.05) is 32.4 Å². The lowest BCUT2D eigenvalue weighted by atomic mass is 10.2. The summed E-state index contributed by atoms with van der Waals surface area (Å²) in [5.41, 5.74) is 0. The van der Waals surface area contributed by atoms with Gasteiger partial charge in [0.2, 0.25) is 5.91 Å². The maximum absolute atomic E-state index is 12.2. The summed E-state index contributed by atoms with van der Waals surface area (Å²) in [6.07, 6.45) is 4.69. The van der Waals surface area contributed by atoms with Gasteiger partial charge in [-0.25, -0.2) is 18.1 Å². The fourth-order valence-electron chi connectivity index (χ4n) is 2.47. The predicted octanol–water partition coefficient (Wildman–Crippen LogP) is -1.09. The van der Waals surface area contributed by atoms with Gasteiger partial charge in [-0.15, -0.1) is 0 Å². The second kappa shape index (κ2) is 6.54. The zero-order chi connectivity index (χ0) is 15.5. The van der Waals surface area contributed by atoms with E-state index in [2.05, 4.69) is 15.0 Å². The van der Waals surface area contributed by atoms with Crippen molar-refractivity contribution in [2.45, 2.75) is 23.9 Å².